The molecule has 0 amide bonds. The standard InChI is InChI=1S/C22H22BrNO3/c1-4-11-27-20-12-17-19(13-18(20)23)24(14-16-9-7-6-8-10-16)15(3)21(17)22(25)26-5-2/h4,6-10,12-13H,1,5,11,14H2,2-3H3. The summed E-state index contributed by atoms with van der Waals surface area (Å²) in [5.41, 5.74) is 3.58. The Morgan fingerprint density at radius 3 is 2.67 bits per heavy atom. The van der Waals surface area contributed by atoms with Gasteiger partial charge in [0, 0.05) is 17.6 Å². The van der Waals surface area contributed by atoms with Crippen molar-refractivity contribution in [2.24, 2.45) is 0 Å². The minimum atomic E-state index is -0.316. The summed E-state index contributed by atoms with van der Waals surface area (Å²) in [4.78, 5) is 12.7. The Morgan fingerprint density at radius 1 is 1.26 bits per heavy atom. The van der Waals surface area contributed by atoms with Crippen LogP contribution in [0.3, 0.4) is 0 Å². The van der Waals surface area contributed by atoms with Crippen molar-refractivity contribution < 1.29 is 14.3 Å². The predicted molar refractivity (Wildman–Crippen MR) is 112 cm³/mol. The molecule has 140 valence electrons. The van der Waals surface area contributed by atoms with E-state index in [0.717, 1.165) is 26.6 Å². The molecule has 0 atom stereocenters. The second-order valence-electron chi connectivity index (χ2n) is 6.15. The highest BCUT2D eigenvalue weighted by molar-refractivity contribution is 9.10. The highest BCUT2D eigenvalue weighted by Gasteiger charge is 2.22. The summed E-state index contributed by atoms with van der Waals surface area (Å²) in [5, 5.41) is 0.823. The van der Waals surface area contributed by atoms with Gasteiger partial charge in [-0.1, -0.05) is 43.0 Å². The minimum Gasteiger partial charge on any atom is -0.488 e. The molecule has 1 aromatic heterocycles. The van der Waals surface area contributed by atoms with Crippen molar-refractivity contribution in [1.82, 2.24) is 4.57 Å². The van der Waals surface area contributed by atoms with Crippen LogP contribution in [0.15, 0.2) is 59.6 Å². The zero-order chi connectivity index (χ0) is 19.4. The van der Waals surface area contributed by atoms with Crippen molar-refractivity contribution in [2.75, 3.05) is 13.2 Å². The number of hydrogen-bond donors (Lipinski definition) is 0. The lowest BCUT2D eigenvalue weighted by atomic mass is 10.1. The van der Waals surface area contributed by atoms with E-state index >= 15 is 0 Å². The lowest BCUT2D eigenvalue weighted by molar-refractivity contribution is 0.0527. The monoisotopic (exact) mass is 427 g/mol. The molecule has 0 aliphatic rings. The number of aromatic nitrogens is 1. The Labute approximate surface area is 167 Å². The van der Waals surface area contributed by atoms with E-state index in [1.54, 1.807) is 6.08 Å². The van der Waals surface area contributed by atoms with Gasteiger partial charge < -0.3 is 14.0 Å². The van der Waals surface area contributed by atoms with Gasteiger partial charge in [0.05, 0.1) is 22.2 Å². The van der Waals surface area contributed by atoms with Gasteiger partial charge in [0.15, 0.2) is 0 Å². The molecule has 3 rings (SSSR count). The highest BCUT2D eigenvalue weighted by atomic mass is 79.9. The van der Waals surface area contributed by atoms with E-state index in [-0.39, 0.29) is 5.97 Å². The third-order valence-corrected chi connectivity index (χ3v) is 5.02. The highest BCUT2D eigenvalue weighted by Crippen LogP contribution is 2.36. The number of nitrogens with zero attached hydrogens (tertiary/aromatic N) is 1. The minimum absolute atomic E-state index is 0.316. The number of ether oxygens (including phenoxy) is 2. The van der Waals surface area contributed by atoms with Crippen LogP contribution in [0.2, 0.25) is 0 Å². The van der Waals surface area contributed by atoms with Crippen molar-refractivity contribution in [2.45, 2.75) is 20.4 Å². The van der Waals surface area contributed by atoms with Gasteiger partial charge in [-0.2, -0.15) is 0 Å². The van der Waals surface area contributed by atoms with Crippen LogP contribution in [0, 0.1) is 6.92 Å². The number of rotatable bonds is 7. The first-order valence-corrected chi connectivity index (χ1v) is 9.63. The SMILES string of the molecule is C=CCOc1cc2c(C(=O)OCC)c(C)n(Cc3ccccc3)c2cc1Br. The van der Waals surface area contributed by atoms with Gasteiger partial charge in [-0.05, 0) is 47.5 Å². The van der Waals surface area contributed by atoms with Crippen LogP contribution < -0.4 is 4.74 Å². The molecule has 0 unspecified atom stereocenters. The second kappa shape index (κ2) is 8.44. The maximum absolute atomic E-state index is 12.7. The van der Waals surface area contributed by atoms with Crippen molar-refractivity contribution in [3.63, 3.8) is 0 Å². The van der Waals surface area contributed by atoms with E-state index in [2.05, 4.69) is 39.2 Å². The summed E-state index contributed by atoms with van der Waals surface area (Å²) in [6.45, 7) is 8.84. The topological polar surface area (TPSA) is 40.5 Å². The molecule has 0 N–H and O–H groups in total. The number of carbonyl (C=O) groups excluding carboxylic acids is 1. The molecule has 2 aromatic carbocycles. The zero-order valence-electron chi connectivity index (χ0n) is 15.5. The first-order valence-electron chi connectivity index (χ1n) is 8.83. The maximum Gasteiger partial charge on any atom is 0.340 e. The van der Waals surface area contributed by atoms with Crippen LogP contribution in [0.5, 0.6) is 5.75 Å². The summed E-state index contributed by atoms with van der Waals surface area (Å²) in [5.74, 6) is 0.355. The molecule has 0 aliphatic heterocycles. The summed E-state index contributed by atoms with van der Waals surface area (Å²) in [7, 11) is 0. The normalized spacial score (nSPS) is 10.8. The van der Waals surface area contributed by atoms with Gasteiger partial charge >= 0.3 is 5.97 Å². The first-order chi connectivity index (χ1) is 13.1. The number of carbonyl (C=O) groups is 1. The quantitative estimate of drug-likeness (QED) is 0.369. The Balaban J connectivity index is 2.19. The largest absolute Gasteiger partial charge is 0.488 e. The van der Waals surface area contributed by atoms with E-state index in [1.165, 1.54) is 0 Å². The van der Waals surface area contributed by atoms with E-state index in [9.17, 15) is 4.79 Å². The van der Waals surface area contributed by atoms with Crippen molar-refractivity contribution >= 4 is 32.8 Å². The van der Waals surface area contributed by atoms with Gasteiger partial charge in [-0.25, -0.2) is 4.79 Å². The number of benzene rings is 2. The molecule has 0 radical (unpaired) electrons. The smallest absolute Gasteiger partial charge is 0.340 e. The Kier molecular flexibility index (Phi) is 6.01. The molecule has 5 heteroatoms. The molecule has 0 saturated carbocycles. The summed E-state index contributed by atoms with van der Waals surface area (Å²) in [6.07, 6.45) is 1.69. The van der Waals surface area contributed by atoms with Crippen LogP contribution in [0.4, 0.5) is 0 Å². The average molecular weight is 428 g/mol. The lowest BCUT2D eigenvalue weighted by Crippen LogP contribution is -2.08. The molecule has 0 spiro atoms. The summed E-state index contributed by atoms with van der Waals surface area (Å²) < 4.78 is 14.0. The van der Waals surface area contributed by atoms with Gasteiger partial charge in [0.2, 0.25) is 0 Å². The van der Waals surface area contributed by atoms with Crippen LogP contribution in [0.1, 0.15) is 28.5 Å². The van der Waals surface area contributed by atoms with Crippen LogP contribution >= 0.6 is 15.9 Å². The fourth-order valence-corrected chi connectivity index (χ4v) is 3.61. The molecular weight excluding hydrogens is 406 g/mol. The summed E-state index contributed by atoms with van der Waals surface area (Å²) >= 11 is 3.58. The van der Waals surface area contributed by atoms with Crippen LogP contribution in [-0.2, 0) is 11.3 Å². The first kappa shape index (κ1) is 19.2. The van der Waals surface area contributed by atoms with Gasteiger partial charge in [-0.15, -0.1) is 0 Å². The van der Waals surface area contributed by atoms with Crippen molar-refractivity contribution in [3.05, 3.63) is 76.4 Å². The lowest BCUT2D eigenvalue weighted by Gasteiger charge is -2.10. The van der Waals surface area contributed by atoms with Gasteiger partial charge in [0.25, 0.3) is 0 Å². The molecular formula is C22H22BrNO3. The van der Waals surface area contributed by atoms with Gasteiger partial charge in [-0.3, -0.25) is 0 Å². The predicted octanol–water partition coefficient (Wildman–Crippen LogP) is 5.50. The van der Waals surface area contributed by atoms with E-state index in [4.69, 9.17) is 9.47 Å². The molecule has 4 nitrogen and oxygen atoms in total. The molecule has 0 fully saturated rings. The van der Waals surface area contributed by atoms with Crippen LogP contribution in [-0.4, -0.2) is 23.8 Å². The molecule has 27 heavy (non-hydrogen) atoms. The van der Waals surface area contributed by atoms with E-state index in [1.807, 2.05) is 44.2 Å². The molecule has 3 aromatic rings. The van der Waals surface area contributed by atoms with E-state index < -0.39 is 0 Å². The molecule has 0 bridgehead atoms. The third kappa shape index (κ3) is 3.93. The molecule has 0 saturated heterocycles. The zero-order valence-corrected chi connectivity index (χ0v) is 17.1. The van der Waals surface area contributed by atoms with Crippen molar-refractivity contribution in [1.29, 1.82) is 0 Å². The maximum atomic E-state index is 12.7. The fourth-order valence-electron chi connectivity index (χ4n) is 3.17. The third-order valence-electron chi connectivity index (χ3n) is 4.40. The molecule has 1 heterocycles. The van der Waals surface area contributed by atoms with Crippen molar-refractivity contribution in [3.8, 4) is 5.75 Å². The average Bonchev–Trinajstić information content (AvgIpc) is 2.92. The second-order valence-corrected chi connectivity index (χ2v) is 7.01. The Morgan fingerprint density at radius 2 is 2.00 bits per heavy atom. The number of esters is 1. The summed E-state index contributed by atoms with van der Waals surface area (Å²) in [6, 6.07) is 14.1. The number of hydrogen-bond acceptors (Lipinski definition) is 3. The van der Waals surface area contributed by atoms with Crippen LogP contribution in [0.25, 0.3) is 10.9 Å². The number of halogens is 1. The Hall–Kier alpha value is -2.53. The Bertz CT molecular complexity index is 976. The van der Waals surface area contributed by atoms with Gasteiger partial charge in [0.1, 0.15) is 12.4 Å². The fraction of sp³-hybridized carbons (Fsp3) is 0.227. The number of fused-ring (bicyclic) bond motifs is 1. The molecule has 0 aliphatic carbocycles. The van der Waals surface area contributed by atoms with E-state index in [0.29, 0.717) is 31.1 Å².